The molecule has 0 aromatic carbocycles. The lowest BCUT2D eigenvalue weighted by Gasteiger charge is -2.22. The summed E-state index contributed by atoms with van der Waals surface area (Å²) in [5.41, 5.74) is 15.6. The molecular weight excluding hydrogens is 390 g/mol. The minimum Gasteiger partial charge on any atom is -0.480 e. The SMILES string of the molecule is CC(NC(=O)C(CO)NC(=O)C(N)CO)C(=O)NC(CCCN=C(N)N)C(=O)O. The van der Waals surface area contributed by atoms with Gasteiger partial charge in [0.25, 0.3) is 0 Å². The Kier molecular flexibility index (Phi) is 11.9. The van der Waals surface area contributed by atoms with Gasteiger partial charge < -0.3 is 48.5 Å². The van der Waals surface area contributed by atoms with Crippen LogP contribution >= 0.6 is 0 Å². The molecule has 14 nitrogen and oxygen atoms in total. The van der Waals surface area contributed by atoms with Crippen molar-refractivity contribution in [3.63, 3.8) is 0 Å². The molecule has 3 amide bonds. The highest BCUT2D eigenvalue weighted by Crippen LogP contribution is 2.00. The molecule has 0 bridgehead atoms. The number of rotatable bonds is 13. The Labute approximate surface area is 166 Å². The van der Waals surface area contributed by atoms with E-state index in [4.69, 9.17) is 22.3 Å². The number of guanidine groups is 1. The number of aliphatic hydroxyl groups excluding tert-OH is 2. The van der Waals surface area contributed by atoms with Gasteiger partial charge in [0.1, 0.15) is 24.2 Å². The van der Waals surface area contributed by atoms with E-state index in [0.717, 1.165) is 0 Å². The van der Waals surface area contributed by atoms with Gasteiger partial charge in [-0.2, -0.15) is 0 Å². The molecule has 0 fully saturated rings. The molecule has 0 aliphatic carbocycles. The van der Waals surface area contributed by atoms with E-state index in [0.29, 0.717) is 6.42 Å². The number of nitrogens with zero attached hydrogens (tertiary/aromatic N) is 1. The fourth-order valence-electron chi connectivity index (χ4n) is 1.99. The Morgan fingerprint density at radius 2 is 1.52 bits per heavy atom. The molecule has 0 rings (SSSR count). The topological polar surface area (TPSA) is 255 Å². The highest BCUT2D eigenvalue weighted by molar-refractivity contribution is 5.93. The van der Waals surface area contributed by atoms with Crippen molar-refractivity contribution in [3.05, 3.63) is 0 Å². The predicted molar refractivity (Wildman–Crippen MR) is 101 cm³/mol. The van der Waals surface area contributed by atoms with Gasteiger partial charge >= 0.3 is 5.97 Å². The number of nitrogens with one attached hydrogen (secondary N) is 3. The van der Waals surface area contributed by atoms with Crippen molar-refractivity contribution in [1.29, 1.82) is 0 Å². The third-order valence-corrected chi connectivity index (χ3v) is 3.66. The molecule has 12 N–H and O–H groups in total. The number of aliphatic hydroxyl groups is 2. The Morgan fingerprint density at radius 1 is 0.931 bits per heavy atom. The zero-order chi connectivity index (χ0) is 22.6. The highest BCUT2D eigenvalue weighted by atomic mass is 16.4. The molecular formula is C15H29N7O7. The van der Waals surface area contributed by atoms with Crippen LogP contribution in [0.1, 0.15) is 19.8 Å². The van der Waals surface area contributed by atoms with Gasteiger partial charge in [0.2, 0.25) is 17.7 Å². The maximum atomic E-state index is 12.2. The summed E-state index contributed by atoms with van der Waals surface area (Å²) in [7, 11) is 0. The van der Waals surface area contributed by atoms with Gasteiger partial charge in [-0.15, -0.1) is 0 Å². The van der Waals surface area contributed by atoms with Crippen molar-refractivity contribution in [2.24, 2.45) is 22.2 Å². The minimum atomic E-state index is -1.41. The summed E-state index contributed by atoms with van der Waals surface area (Å²) in [6.45, 7) is 0.0280. The first-order valence-electron chi connectivity index (χ1n) is 8.70. The van der Waals surface area contributed by atoms with E-state index in [9.17, 15) is 29.4 Å². The Balaban J connectivity index is 4.74. The minimum absolute atomic E-state index is 0.0485. The summed E-state index contributed by atoms with van der Waals surface area (Å²) in [5.74, 6) is -3.97. The van der Waals surface area contributed by atoms with Gasteiger partial charge in [0.05, 0.1) is 13.2 Å². The lowest BCUT2D eigenvalue weighted by molar-refractivity contribution is -0.142. The van der Waals surface area contributed by atoms with E-state index < -0.39 is 61.1 Å². The fraction of sp³-hybridized carbons (Fsp3) is 0.667. The molecule has 0 saturated carbocycles. The number of nitrogens with two attached hydrogens (primary N) is 3. The maximum Gasteiger partial charge on any atom is 0.326 e. The second kappa shape index (κ2) is 13.2. The Morgan fingerprint density at radius 3 is 2.00 bits per heavy atom. The van der Waals surface area contributed by atoms with Crippen LogP contribution in [0.5, 0.6) is 0 Å². The van der Waals surface area contributed by atoms with E-state index in [2.05, 4.69) is 20.9 Å². The van der Waals surface area contributed by atoms with Gasteiger partial charge in [-0.05, 0) is 19.8 Å². The van der Waals surface area contributed by atoms with Crippen molar-refractivity contribution in [2.75, 3.05) is 19.8 Å². The van der Waals surface area contributed by atoms with Crippen molar-refractivity contribution in [1.82, 2.24) is 16.0 Å². The third kappa shape index (κ3) is 10.2. The van der Waals surface area contributed by atoms with Gasteiger partial charge in [-0.25, -0.2) is 4.79 Å². The van der Waals surface area contributed by atoms with Crippen molar-refractivity contribution < 1.29 is 34.5 Å². The molecule has 0 aliphatic rings. The molecule has 0 heterocycles. The van der Waals surface area contributed by atoms with Gasteiger partial charge in [0.15, 0.2) is 5.96 Å². The zero-order valence-corrected chi connectivity index (χ0v) is 16.0. The summed E-state index contributed by atoms with van der Waals surface area (Å²) >= 11 is 0. The molecule has 29 heavy (non-hydrogen) atoms. The number of carboxylic acids is 1. The first kappa shape index (κ1) is 26.0. The van der Waals surface area contributed by atoms with Crippen LogP contribution in [0.25, 0.3) is 0 Å². The summed E-state index contributed by atoms with van der Waals surface area (Å²) in [4.78, 5) is 50.9. The molecule has 166 valence electrons. The van der Waals surface area contributed by atoms with E-state index in [1.807, 2.05) is 0 Å². The number of amides is 3. The average molecular weight is 419 g/mol. The lowest BCUT2D eigenvalue weighted by Crippen LogP contribution is -2.57. The largest absolute Gasteiger partial charge is 0.480 e. The smallest absolute Gasteiger partial charge is 0.326 e. The summed E-state index contributed by atoms with van der Waals surface area (Å²) in [5, 5.41) is 33.9. The van der Waals surface area contributed by atoms with E-state index in [1.165, 1.54) is 6.92 Å². The van der Waals surface area contributed by atoms with Crippen LogP contribution in [0.3, 0.4) is 0 Å². The molecule has 4 unspecified atom stereocenters. The van der Waals surface area contributed by atoms with Crippen LogP contribution in [0, 0.1) is 0 Å². The molecule has 0 radical (unpaired) electrons. The van der Waals surface area contributed by atoms with Gasteiger partial charge in [0, 0.05) is 6.54 Å². The van der Waals surface area contributed by atoms with Crippen molar-refractivity contribution in [3.8, 4) is 0 Å². The lowest BCUT2D eigenvalue weighted by atomic mass is 10.1. The number of aliphatic carboxylic acids is 1. The Hall–Kier alpha value is -2.97. The number of hydrogen-bond donors (Lipinski definition) is 9. The van der Waals surface area contributed by atoms with Gasteiger partial charge in [-0.1, -0.05) is 0 Å². The van der Waals surface area contributed by atoms with Crippen LogP contribution in [0.4, 0.5) is 0 Å². The first-order valence-corrected chi connectivity index (χ1v) is 8.70. The molecule has 0 aromatic rings. The van der Waals surface area contributed by atoms with Crippen LogP contribution in [0.15, 0.2) is 4.99 Å². The van der Waals surface area contributed by atoms with E-state index in [-0.39, 0.29) is 18.9 Å². The van der Waals surface area contributed by atoms with Crippen LogP contribution in [-0.2, 0) is 19.2 Å². The van der Waals surface area contributed by atoms with Crippen molar-refractivity contribution in [2.45, 2.75) is 43.9 Å². The van der Waals surface area contributed by atoms with Crippen molar-refractivity contribution >= 4 is 29.7 Å². The monoisotopic (exact) mass is 419 g/mol. The van der Waals surface area contributed by atoms with Crippen LogP contribution in [-0.4, -0.2) is 88.9 Å². The van der Waals surface area contributed by atoms with Gasteiger partial charge in [-0.3, -0.25) is 19.4 Å². The molecule has 4 atom stereocenters. The van der Waals surface area contributed by atoms with Crippen LogP contribution < -0.4 is 33.2 Å². The summed E-state index contributed by atoms with van der Waals surface area (Å²) in [6, 6.07) is -5.09. The number of hydrogen-bond acceptors (Lipinski definition) is 8. The number of aliphatic imine (C=N–C) groups is 1. The number of carboxylic acid groups (broad SMARTS) is 1. The second-order valence-corrected chi connectivity index (χ2v) is 6.11. The normalized spacial score (nSPS) is 14.6. The Bertz CT molecular complexity index is 610. The summed E-state index contributed by atoms with van der Waals surface area (Å²) < 4.78 is 0. The molecule has 14 heteroatoms. The maximum absolute atomic E-state index is 12.2. The average Bonchev–Trinajstić information content (AvgIpc) is 2.66. The zero-order valence-electron chi connectivity index (χ0n) is 16.0. The fourth-order valence-corrected chi connectivity index (χ4v) is 1.99. The second-order valence-electron chi connectivity index (χ2n) is 6.11. The first-order chi connectivity index (χ1) is 13.5. The van der Waals surface area contributed by atoms with E-state index >= 15 is 0 Å². The van der Waals surface area contributed by atoms with E-state index in [1.54, 1.807) is 0 Å². The number of carbonyl (C=O) groups excluding carboxylic acids is 3. The predicted octanol–water partition coefficient (Wildman–Crippen LogP) is -5.09. The molecule has 0 spiro atoms. The quantitative estimate of drug-likeness (QED) is 0.0779. The molecule has 0 aromatic heterocycles. The third-order valence-electron chi connectivity index (χ3n) is 3.66. The van der Waals surface area contributed by atoms with Crippen LogP contribution in [0.2, 0.25) is 0 Å². The number of carbonyl (C=O) groups is 4. The molecule has 0 aliphatic heterocycles. The standard InChI is InChI=1S/C15H29N7O7/c1-7(20-13(27)10(6-24)22-12(26)8(16)5-23)11(25)21-9(14(28)29)3-2-4-19-15(17)18/h7-10,23-24H,2-6,16H2,1H3,(H,20,27)(H,21,25)(H,22,26)(H,28,29)(H4,17,18,19). The highest BCUT2D eigenvalue weighted by Gasteiger charge is 2.27. The summed E-state index contributed by atoms with van der Waals surface area (Å²) in [6.07, 6.45) is 0.340. The molecule has 0 saturated heterocycles.